The van der Waals surface area contributed by atoms with E-state index in [1.54, 1.807) is 0 Å². The van der Waals surface area contributed by atoms with E-state index in [-0.39, 0.29) is 0 Å². The molecule has 0 fully saturated rings. The molecule has 0 saturated heterocycles. The number of aromatic nitrogens is 4. The molecule has 0 saturated carbocycles. The van der Waals surface area contributed by atoms with Crippen LogP contribution in [0.4, 0.5) is 13.2 Å². The van der Waals surface area contributed by atoms with Gasteiger partial charge in [0.2, 0.25) is 0 Å². The summed E-state index contributed by atoms with van der Waals surface area (Å²) in [5.41, 5.74) is 0.641. The van der Waals surface area contributed by atoms with Crippen molar-refractivity contribution in [3.63, 3.8) is 0 Å². The molecule has 0 atom stereocenters. The number of imidazole rings is 1. The third-order valence-electron chi connectivity index (χ3n) is 2.52. The third kappa shape index (κ3) is 2.63. The Hall–Kier alpha value is -1.61. The fraction of sp³-hybridized carbons (Fsp3) is 0.182. The van der Waals surface area contributed by atoms with E-state index in [4.69, 9.17) is 0 Å². The zero-order valence-corrected chi connectivity index (χ0v) is 11.4. The van der Waals surface area contributed by atoms with Crippen molar-refractivity contribution in [2.45, 2.75) is 17.0 Å². The van der Waals surface area contributed by atoms with Crippen molar-refractivity contribution in [2.24, 2.45) is 0 Å². The zero-order chi connectivity index (χ0) is 14.2. The summed E-state index contributed by atoms with van der Waals surface area (Å²) in [7, 11) is 0. The highest BCUT2D eigenvalue weighted by atomic mass is 32.2. The molecule has 0 bridgehead atoms. The molecule has 3 heterocycles. The molecule has 4 nitrogen and oxygen atoms in total. The first-order valence-electron chi connectivity index (χ1n) is 5.45. The van der Waals surface area contributed by atoms with Gasteiger partial charge in [-0.1, -0.05) is 11.8 Å². The molecule has 1 N–H and O–H groups in total. The van der Waals surface area contributed by atoms with Crippen LogP contribution in [0, 0.1) is 0 Å². The molecule has 3 aromatic heterocycles. The second-order valence-electron chi connectivity index (χ2n) is 3.87. The molecule has 104 valence electrons. The van der Waals surface area contributed by atoms with Gasteiger partial charge in [0, 0.05) is 16.0 Å². The van der Waals surface area contributed by atoms with Crippen molar-refractivity contribution in [1.29, 1.82) is 0 Å². The highest BCUT2D eigenvalue weighted by Crippen LogP contribution is 2.35. The molecule has 0 radical (unpaired) electrons. The Morgan fingerprint density at radius 1 is 1.25 bits per heavy atom. The van der Waals surface area contributed by atoms with Crippen molar-refractivity contribution in [3.05, 3.63) is 34.5 Å². The van der Waals surface area contributed by atoms with Crippen molar-refractivity contribution >= 4 is 34.3 Å². The number of H-pyrrole nitrogens is 1. The number of hydrogen-bond acceptors (Lipinski definition) is 5. The van der Waals surface area contributed by atoms with Gasteiger partial charge in [-0.3, -0.25) is 0 Å². The number of rotatable bonds is 3. The molecule has 0 unspecified atom stereocenters. The number of fused-ring (bicyclic) bond motifs is 1. The number of alkyl halides is 3. The van der Waals surface area contributed by atoms with Crippen LogP contribution in [-0.2, 0) is 11.9 Å². The summed E-state index contributed by atoms with van der Waals surface area (Å²) in [6.07, 6.45) is -1.39. The number of nitrogens with one attached hydrogen (secondary N) is 1. The lowest BCUT2D eigenvalue weighted by Gasteiger charge is -2.01. The van der Waals surface area contributed by atoms with Crippen LogP contribution in [0.3, 0.4) is 0 Å². The molecule has 0 aliphatic heterocycles. The lowest BCUT2D eigenvalue weighted by atomic mass is 10.3. The lowest BCUT2D eigenvalue weighted by molar-refractivity contribution is -0.137. The number of halogens is 3. The van der Waals surface area contributed by atoms with Crippen LogP contribution in [0.15, 0.2) is 29.1 Å². The first kappa shape index (κ1) is 13.4. The number of aromatic amines is 1. The van der Waals surface area contributed by atoms with E-state index in [2.05, 4.69) is 19.9 Å². The maximum absolute atomic E-state index is 12.5. The van der Waals surface area contributed by atoms with Crippen LogP contribution in [-0.4, -0.2) is 19.9 Å². The van der Waals surface area contributed by atoms with Crippen LogP contribution in [0.2, 0.25) is 0 Å². The van der Waals surface area contributed by atoms with Crippen LogP contribution in [0.5, 0.6) is 0 Å². The molecular weight excluding hydrogens is 309 g/mol. The Kier molecular flexibility index (Phi) is 3.38. The number of thioether (sulfide) groups is 1. The minimum absolute atomic E-state index is 0.423. The van der Waals surface area contributed by atoms with Gasteiger partial charge in [-0.05, 0) is 6.07 Å². The summed E-state index contributed by atoms with van der Waals surface area (Å²) in [4.78, 5) is 15.7. The number of hydrogen-bond donors (Lipinski definition) is 1. The SMILES string of the molecule is FC(F)(F)c1csc(CSc2ncnc3nc[nH]c23)c1. The van der Waals surface area contributed by atoms with Crippen molar-refractivity contribution in [3.8, 4) is 0 Å². The van der Waals surface area contributed by atoms with Crippen LogP contribution < -0.4 is 0 Å². The van der Waals surface area contributed by atoms with Gasteiger partial charge < -0.3 is 4.98 Å². The third-order valence-corrected chi connectivity index (χ3v) is 4.68. The Morgan fingerprint density at radius 2 is 2.10 bits per heavy atom. The predicted octanol–water partition coefficient (Wildman–Crippen LogP) is 3.73. The maximum Gasteiger partial charge on any atom is 0.417 e. The number of nitrogens with zero attached hydrogens (tertiary/aromatic N) is 3. The topological polar surface area (TPSA) is 54.5 Å². The monoisotopic (exact) mass is 316 g/mol. The van der Waals surface area contributed by atoms with E-state index in [9.17, 15) is 13.2 Å². The molecule has 0 spiro atoms. The van der Waals surface area contributed by atoms with Gasteiger partial charge in [0.1, 0.15) is 16.9 Å². The summed E-state index contributed by atoms with van der Waals surface area (Å²) >= 11 is 2.45. The Balaban J connectivity index is 1.76. The Labute approximate surface area is 119 Å². The summed E-state index contributed by atoms with van der Waals surface area (Å²) in [6, 6.07) is 1.17. The summed E-state index contributed by atoms with van der Waals surface area (Å²) in [5, 5.41) is 1.80. The van der Waals surface area contributed by atoms with E-state index >= 15 is 0 Å². The van der Waals surface area contributed by atoms with E-state index in [0.717, 1.165) is 16.7 Å². The molecule has 0 aliphatic rings. The van der Waals surface area contributed by atoms with Gasteiger partial charge in [-0.25, -0.2) is 15.0 Å². The second-order valence-corrected chi connectivity index (χ2v) is 5.83. The van der Waals surface area contributed by atoms with E-state index < -0.39 is 11.7 Å². The van der Waals surface area contributed by atoms with E-state index in [1.165, 1.54) is 30.5 Å². The second kappa shape index (κ2) is 5.06. The lowest BCUT2D eigenvalue weighted by Crippen LogP contribution is -2.02. The highest BCUT2D eigenvalue weighted by Gasteiger charge is 2.31. The Bertz CT molecular complexity index is 734. The van der Waals surface area contributed by atoms with Gasteiger partial charge in [0.15, 0.2) is 5.65 Å². The summed E-state index contributed by atoms with van der Waals surface area (Å²) < 4.78 is 37.5. The molecule has 9 heteroatoms. The predicted molar refractivity (Wildman–Crippen MR) is 70.6 cm³/mol. The fourth-order valence-corrected chi connectivity index (χ4v) is 3.50. The number of thiophene rings is 1. The average molecular weight is 316 g/mol. The average Bonchev–Trinajstić information content (AvgIpc) is 3.04. The smallest absolute Gasteiger partial charge is 0.341 e. The standard InChI is InChI=1S/C11H7F3N4S2/c12-11(13,14)6-1-7(19-2-6)3-20-10-8-9(16-4-15-8)17-5-18-10/h1-2,4-5H,3H2,(H,15,16,17,18). The van der Waals surface area contributed by atoms with Crippen LogP contribution >= 0.6 is 23.1 Å². The molecule has 0 aromatic carbocycles. The first-order valence-corrected chi connectivity index (χ1v) is 7.32. The highest BCUT2D eigenvalue weighted by molar-refractivity contribution is 7.98. The van der Waals surface area contributed by atoms with Crippen molar-refractivity contribution < 1.29 is 13.2 Å². The van der Waals surface area contributed by atoms with Crippen molar-refractivity contribution in [2.75, 3.05) is 0 Å². The molecule has 0 aliphatic carbocycles. The van der Waals surface area contributed by atoms with E-state index in [0.29, 0.717) is 26.8 Å². The van der Waals surface area contributed by atoms with Crippen molar-refractivity contribution in [1.82, 2.24) is 19.9 Å². The first-order chi connectivity index (χ1) is 9.54. The molecule has 3 rings (SSSR count). The molecule has 3 aromatic rings. The molecule has 0 amide bonds. The minimum atomic E-state index is -4.29. The molecule has 20 heavy (non-hydrogen) atoms. The maximum atomic E-state index is 12.5. The van der Waals surface area contributed by atoms with Crippen LogP contribution in [0.1, 0.15) is 10.4 Å². The van der Waals surface area contributed by atoms with Gasteiger partial charge in [-0.15, -0.1) is 11.3 Å². The van der Waals surface area contributed by atoms with Gasteiger partial charge in [0.05, 0.1) is 11.9 Å². The fourth-order valence-electron chi connectivity index (χ4n) is 1.60. The summed E-state index contributed by atoms with van der Waals surface area (Å²) in [5.74, 6) is 0.423. The minimum Gasteiger partial charge on any atom is -0.341 e. The summed E-state index contributed by atoms with van der Waals surface area (Å²) in [6.45, 7) is 0. The molecular formula is C11H7F3N4S2. The normalized spacial score (nSPS) is 12.2. The zero-order valence-electron chi connectivity index (χ0n) is 9.81. The Morgan fingerprint density at radius 3 is 2.85 bits per heavy atom. The van der Waals surface area contributed by atoms with Gasteiger partial charge in [0.25, 0.3) is 0 Å². The van der Waals surface area contributed by atoms with E-state index in [1.807, 2.05) is 0 Å². The van der Waals surface area contributed by atoms with Crippen LogP contribution in [0.25, 0.3) is 11.2 Å². The van der Waals surface area contributed by atoms with Gasteiger partial charge in [-0.2, -0.15) is 13.2 Å². The van der Waals surface area contributed by atoms with Gasteiger partial charge >= 0.3 is 6.18 Å². The quantitative estimate of drug-likeness (QED) is 0.591. The largest absolute Gasteiger partial charge is 0.417 e.